The van der Waals surface area contributed by atoms with Crippen molar-refractivity contribution in [1.29, 1.82) is 0 Å². The van der Waals surface area contributed by atoms with Crippen molar-refractivity contribution in [3.8, 4) is 5.75 Å². The molecule has 0 saturated carbocycles. The van der Waals surface area contributed by atoms with Crippen molar-refractivity contribution in [1.82, 2.24) is 0 Å². The van der Waals surface area contributed by atoms with Gasteiger partial charge in [-0.25, -0.2) is 0 Å². The molecule has 0 atom stereocenters. The standard InChI is InChI=1S/C19H23NO3/c1-3-23-18-10-9-17(12-16(18)13-21)20-19(22)11-8-15-6-4-14(2)5-7-15/h4-7,9-10,12,21H,3,8,11,13H2,1-2H3,(H,20,22). The summed E-state index contributed by atoms with van der Waals surface area (Å²) in [5.41, 5.74) is 3.70. The van der Waals surface area contributed by atoms with Gasteiger partial charge < -0.3 is 15.2 Å². The molecule has 4 heteroatoms. The number of nitrogens with one attached hydrogen (secondary N) is 1. The Kier molecular flexibility index (Phi) is 6.18. The van der Waals surface area contributed by atoms with E-state index in [9.17, 15) is 9.90 Å². The summed E-state index contributed by atoms with van der Waals surface area (Å²) in [4.78, 5) is 12.1. The lowest BCUT2D eigenvalue weighted by Crippen LogP contribution is -2.12. The normalized spacial score (nSPS) is 10.4. The Labute approximate surface area is 137 Å². The molecule has 0 unspecified atom stereocenters. The molecular formula is C19H23NO3. The minimum absolute atomic E-state index is 0.0429. The molecule has 2 aromatic carbocycles. The molecule has 2 aromatic rings. The Balaban J connectivity index is 1.93. The van der Waals surface area contributed by atoms with E-state index in [-0.39, 0.29) is 12.5 Å². The summed E-state index contributed by atoms with van der Waals surface area (Å²) in [6, 6.07) is 13.5. The average Bonchev–Trinajstić information content (AvgIpc) is 2.56. The number of hydrogen-bond donors (Lipinski definition) is 2. The number of aryl methyl sites for hydroxylation is 2. The van der Waals surface area contributed by atoms with E-state index in [0.717, 1.165) is 5.56 Å². The molecule has 0 heterocycles. The highest BCUT2D eigenvalue weighted by Crippen LogP contribution is 2.23. The molecule has 0 radical (unpaired) electrons. The van der Waals surface area contributed by atoms with Crippen LogP contribution in [-0.2, 0) is 17.8 Å². The summed E-state index contributed by atoms with van der Waals surface area (Å²) in [6.45, 7) is 4.35. The van der Waals surface area contributed by atoms with Crippen LogP contribution < -0.4 is 10.1 Å². The van der Waals surface area contributed by atoms with E-state index < -0.39 is 0 Å². The van der Waals surface area contributed by atoms with Crippen LogP contribution >= 0.6 is 0 Å². The Bertz CT molecular complexity index is 650. The maximum Gasteiger partial charge on any atom is 0.224 e. The number of anilines is 1. The third-order valence-electron chi connectivity index (χ3n) is 3.58. The first-order valence-electron chi connectivity index (χ1n) is 7.84. The number of aliphatic hydroxyl groups is 1. The monoisotopic (exact) mass is 313 g/mol. The molecule has 0 spiro atoms. The van der Waals surface area contributed by atoms with E-state index >= 15 is 0 Å². The van der Waals surface area contributed by atoms with Gasteiger partial charge >= 0.3 is 0 Å². The van der Waals surface area contributed by atoms with Gasteiger partial charge in [0.05, 0.1) is 13.2 Å². The molecular weight excluding hydrogens is 290 g/mol. The Hall–Kier alpha value is -2.33. The van der Waals surface area contributed by atoms with Crippen LogP contribution in [0.3, 0.4) is 0 Å². The third kappa shape index (κ3) is 5.11. The van der Waals surface area contributed by atoms with Gasteiger partial charge in [-0.15, -0.1) is 0 Å². The first-order valence-corrected chi connectivity index (χ1v) is 7.84. The molecule has 1 amide bonds. The maximum absolute atomic E-state index is 12.1. The molecule has 0 bridgehead atoms. The summed E-state index contributed by atoms with van der Waals surface area (Å²) in [6.07, 6.45) is 1.13. The van der Waals surface area contributed by atoms with E-state index in [4.69, 9.17) is 4.74 Å². The van der Waals surface area contributed by atoms with Crippen LogP contribution in [-0.4, -0.2) is 17.6 Å². The van der Waals surface area contributed by atoms with Gasteiger partial charge in [0.1, 0.15) is 5.75 Å². The lowest BCUT2D eigenvalue weighted by molar-refractivity contribution is -0.116. The second kappa shape index (κ2) is 8.34. The lowest BCUT2D eigenvalue weighted by Gasteiger charge is -2.11. The van der Waals surface area contributed by atoms with Gasteiger partial charge in [0, 0.05) is 17.7 Å². The first kappa shape index (κ1) is 17.0. The maximum atomic E-state index is 12.1. The van der Waals surface area contributed by atoms with E-state index in [1.807, 2.05) is 38.1 Å². The van der Waals surface area contributed by atoms with Crippen LogP contribution in [0.4, 0.5) is 5.69 Å². The quantitative estimate of drug-likeness (QED) is 0.823. The fraction of sp³-hybridized carbons (Fsp3) is 0.316. The van der Waals surface area contributed by atoms with Crippen molar-refractivity contribution in [2.75, 3.05) is 11.9 Å². The topological polar surface area (TPSA) is 58.6 Å². The largest absolute Gasteiger partial charge is 0.494 e. The molecule has 4 nitrogen and oxygen atoms in total. The van der Waals surface area contributed by atoms with Crippen molar-refractivity contribution in [2.45, 2.75) is 33.3 Å². The smallest absolute Gasteiger partial charge is 0.224 e. The zero-order valence-corrected chi connectivity index (χ0v) is 13.6. The zero-order valence-electron chi connectivity index (χ0n) is 13.6. The molecule has 0 aliphatic heterocycles. The fourth-order valence-electron chi connectivity index (χ4n) is 2.31. The average molecular weight is 313 g/mol. The fourth-order valence-corrected chi connectivity index (χ4v) is 2.31. The molecule has 0 aliphatic carbocycles. The second-order valence-electron chi connectivity index (χ2n) is 5.45. The third-order valence-corrected chi connectivity index (χ3v) is 3.58. The van der Waals surface area contributed by atoms with Crippen LogP contribution in [0, 0.1) is 6.92 Å². The number of carbonyl (C=O) groups is 1. The summed E-state index contributed by atoms with van der Waals surface area (Å²) in [7, 11) is 0. The Morgan fingerprint density at radius 1 is 1.17 bits per heavy atom. The van der Waals surface area contributed by atoms with Gasteiger partial charge in [0.15, 0.2) is 0 Å². The number of rotatable bonds is 7. The highest BCUT2D eigenvalue weighted by atomic mass is 16.5. The van der Waals surface area contributed by atoms with E-state index in [2.05, 4.69) is 5.32 Å². The number of carbonyl (C=O) groups excluding carboxylic acids is 1. The van der Waals surface area contributed by atoms with E-state index in [0.29, 0.717) is 36.4 Å². The number of benzene rings is 2. The van der Waals surface area contributed by atoms with Gasteiger partial charge in [-0.05, 0) is 44.0 Å². The van der Waals surface area contributed by atoms with Gasteiger partial charge in [-0.1, -0.05) is 29.8 Å². The number of hydrogen-bond acceptors (Lipinski definition) is 3. The molecule has 0 saturated heterocycles. The van der Waals surface area contributed by atoms with Crippen molar-refractivity contribution < 1.29 is 14.6 Å². The minimum Gasteiger partial charge on any atom is -0.494 e. The Morgan fingerprint density at radius 3 is 2.57 bits per heavy atom. The lowest BCUT2D eigenvalue weighted by atomic mass is 10.1. The highest BCUT2D eigenvalue weighted by molar-refractivity contribution is 5.91. The van der Waals surface area contributed by atoms with Crippen molar-refractivity contribution in [3.05, 3.63) is 59.2 Å². The highest BCUT2D eigenvalue weighted by Gasteiger charge is 2.07. The van der Waals surface area contributed by atoms with Crippen LogP contribution in [0.25, 0.3) is 0 Å². The Morgan fingerprint density at radius 2 is 1.91 bits per heavy atom. The van der Waals surface area contributed by atoms with Gasteiger partial charge in [0.2, 0.25) is 5.91 Å². The molecule has 2 rings (SSSR count). The van der Waals surface area contributed by atoms with Gasteiger partial charge in [0.25, 0.3) is 0 Å². The SMILES string of the molecule is CCOc1ccc(NC(=O)CCc2ccc(C)cc2)cc1CO. The van der Waals surface area contributed by atoms with Crippen molar-refractivity contribution in [2.24, 2.45) is 0 Å². The van der Waals surface area contributed by atoms with E-state index in [1.165, 1.54) is 5.56 Å². The minimum atomic E-state index is -0.123. The predicted octanol–water partition coefficient (Wildman–Crippen LogP) is 3.46. The van der Waals surface area contributed by atoms with E-state index in [1.54, 1.807) is 18.2 Å². The van der Waals surface area contributed by atoms with Crippen LogP contribution in [0.2, 0.25) is 0 Å². The first-order chi connectivity index (χ1) is 11.1. The molecule has 2 N–H and O–H groups in total. The second-order valence-corrected chi connectivity index (χ2v) is 5.45. The van der Waals surface area contributed by atoms with Crippen LogP contribution in [0.15, 0.2) is 42.5 Å². The summed E-state index contributed by atoms with van der Waals surface area (Å²) in [5.74, 6) is 0.603. The molecule has 0 fully saturated rings. The zero-order chi connectivity index (χ0) is 16.7. The number of amides is 1. The summed E-state index contributed by atoms with van der Waals surface area (Å²) >= 11 is 0. The van der Waals surface area contributed by atoms with Gasteiger partial charge in [-0.2, -0.15) is 0 Å². The van der Waals surface area contributed by atoms with Crippen LogP contribution in [0.5, 0.6) is 5.75 Å². The number of ether oxygens (including phenoxy) is 1. The summed E-state index contributed by atoms with van der Waals surface area (Å²) in [5, 5.41) is 12.2. The van der Waals surface area contributed by atoms with Crippen molar-refractivity contribution >= 4 is 11.6 Å². The molecule has 0 aliphatic rings. The van der Waals surface area contributed by atoms with Crippen molar-refractivity contribution in [3.63, 3.8) is 0 Å². The number of aliphatic hydroxyl groups excluding tert-OH is 1. The van der Waals surface area contributed by atoms with Gasteiger partial charge in [-0.3, -0.25) is 4.79 Å². The predicted molar refractivity (Wildman–Crippen MR) is 91.7 cm³/mol. The van der Waals surface area contributed by atoms with Crippen LogP contribution in [0.1, 0.15) is 30.0 Å². The molecule has 122 valence electrons. The summed E-state index contributed by atoms with van der Waals surface area (Å²) < 4.78 is 5.43. The molecule has 23 heavy (non-hydrogen) atoms. The molecule has 0 aromatic heterocycles.